The lowest BCUT2D eigenvalue weighted by molar-refractivity contribution is 0.170. The minimum absolute atomic E-state index is 0.379. The first-order chi connectivity index (χ1) is 9.49. The van der Waals surface area contributed by atoms with Gasteiger partial charge < -0.3 is 8.85 Å². The monoisotopic (exact) mass is 316 g/mol. The van der Waals surface area contributed by atoms with E-state index >= 15 is 0 Å². The van der Waals surface area contributed by atoms with Gasteiger partial charge in [0.2, 0.25) is 0 Å². The third-order valence-corrected chi connectivity index (χ3v) is 8.15. The first-order valence-corrected chi connectivity index (χ1v) is 10.8. The fourth-order valence-corrected chi connectivity index (χ4v) is 7.27. The molecule has 1 unspecified atom stereocenters. The standard InChI is InChI=1S/C18H40O2Si/c1-10-11-12-21(19-8,20-9)14-16(2)13-18(6,7)15-17(3,4)5/h16H,10-15H2,1-9H3. The Bertz CT molecular complexity index is 277. The highest BCUT2D eigenvalue weighted by molar-refractivity contribution is 6.67. The van der Waals surface area contributed by atoms with Gasteiger partial charge >= 0.3 is 8.56 Å². The summed E-state index contributed by atoms with van der Waals surface area (Å²) in [5.41, 5.74) is 0.770. The molecule has 0 aromatic heterocycles. The molecule has 3 heteroatoms. The van der Waals surface area contributed by atoms with Crippen LogP contribution in [0.15, 0.2) is 0 Å². The Morgan fingerprint density at radius 1 is 1.00 bits per heavy atom. The summed E-state index contributed by atoms with van der Waals surface area (Å²) in [7, 11) is 1.71. The molecule has 0 rings (SSSR count). The highest BCUT2D eigenvalue weighted by Crippen LogP contribution is 2.40. The fraction of sp³-hybridized carbons (Fsp3) is 1.00. The van der Waals surface area contributed by atoms with Gasteiger partial charge in [0, 0.05) is 14.2 Å². The van der Waals surface area contributed by atoms with Crippen LogP contribution in [-0.4, -0.2) is 22.8 Å². The molecule has 0 radical (unpaired) electrons. The van der Waals surface area contributed by atoms with Gasteiger partial charge in [-0.15, -0.1) is 0 Å². The number of rotatable bonds is 10. The quantitative estimate of drug-likeness (QED) is 0.459. The lowest BCUT2D eigenvalue weighted by Gasteiger charge is -2.37. The van der Waals surface area contributed by atoms with Crippen LogP contribution >= 0.6 is 0 Å². The van der Waals surface area contributed by atoms with E-state index < -0.39 is 8.56 Å². The summed E-state index contributed by atoms with van der Waals surface area (Å²) >= 11 is 0. The van der Waals surface area contributed by atoms with Crippen molar-refractivity contribution in [1.29, 1.82) is 0 Å². The van der Waals surface area contributed by atoms with E-state index in [2.05, 4.69) is 48.5 Å². The molecule has 0 N–H and O–H groups in total. The molecule has 0 aromatic carbocycles. The van der Waals surface area contributed by atoms with Crippen molar-refractivity contribution in [1.82, 2.24) is 0 Å². The average molecular weight is 317 g/mol. The smallest absolute Gasteiger partial charge is 0.337 e. The average Bonchev–Trinajstić information content (AvgIpc) is 2.30. The van der Waals surface area contributed by atoms with Gasteiger partial charge in [-0.1, -0.05) is 61.3 Å². The van der Waals surface area contributed by atoms with Crippen molar-refractivity contribution in [3.8, 4) is 0 Å². The van der Waals surface area contributed by atoms with Crippen LogP contribution < -0.4 is 0 Å². The first-order valence-electron chi connectivity index (χ1n) is 8.59. The predicted molar refractivity (Wildman–Crippen MR) is 95.9 cm³/mol. The van der Waals surface area contributed by atoms with Crippen LogP contribution in [0.25, 0.3) is 0 Å². The van der Waals surface area contributed by atoms with Crippen molar-refractivity contribution < 1.29 is 8.85 Å². The second kappa shape index (κ2) is 8.69. The summed E-state index contributed by atoms with van der Waals surface area (Å²) < 4.78 is 11.8. The van der Waals surface area contributed by atoms with Gasteiger partial charge in [0.25, 0.3) is 0 Å². The van der Waals surface area contributed by atoms with Gasteiger partial charge in [-0.25, -0.2) is 0 Å². The molecule has 0 aliphatic carbocycles. The molecular weight excluding hydrogens is 276 g/mol. The third kappa shape index (κ3) is 8.99. The van der Waals surface area contributed by atoms with E-state index in [-0.39, 0.29) is 0 Å². The molecule has 0 heterocycles. The largest absolute Gasteiger partial charge is 0.398 e. The van der Waals surface area contributed by atoms with Crippen LogP contribution in [0, 0.1) is 16.7 Å². The van der Waals surface area contributed by atoms with E-state index in [1.165, 1.54) is 25.7 Å². The molecule has 21 heavy (non-hydrogen) atoms. The Kier molecular flexibility index (Phi) is 8.74. The van der Waals surface area contributed by atoms with Crippen LogP contribution in [-0.2, 0) is 8.85 Å². The van der Waals surface area contributed by atoms with Crippen LogP contribution in [0.2, 0.25) is 12.1 Å². The zero-order chi connectivity index (χ0) is 16.7. The summed E-state index contributed by atoms with van der Waals surface area (Å²) in [5.74, 6) is 0.658. The predicted octanol–water partition coefficient (Wildman–Crippen LogP) is 6.01. The molecule has 0 amide bonds. The molecule has 0 saturated heterocycles. The van der Waals surface area contributed by atoms with Gasteiger partial charge in [0.15, 0.2) is 0 Å². The van der Waals surface area contributed by atoms with Gasteiger partial charge in [-0.05, 0) is 41.7 Å². The highest BCUT2D eigenvalue weighted by atomic mass is 28.4. The van der Waals surface area contributed by atoms with Crippen molar-refractivity contribution in [2.24, 2.45) is 16.7 Å². The van der Waals surface area contributed by atoms with Crippen LogP contribution in [0.3, 0.4) is 0 Å². The van der Waals surface area contributed by atoms with Crippen molar-refractivity contribution in [2.75, 3.05) is 14.2 Å². The van der Waals surface area contributed by atoms with Crippen LogP contribution in [0.5, 0.6) is 0 Å². The minimum atomic E-state index is -1.99. The number of hydrogen-bond acceptors (Lipinski definition) is 2. The molecule has 0 saturated carbocycles. The summed E-state index contributed by atoms with van der Waals surface area (Å²) in [6.45, 7) is 16.4. The van der Waals surface area contributed by atoms with Gasteiger partial charge in [-0.3, -0.25) is 0 Å². The Morgan fingerprint density at radius 2 is 1.52 bits per heavy atom. The van der Waals surface area contributed by atoms with Gasteiger partial charge in [0.1, 0.15) is 0 Å². The van der Waals surface area contributed by atoms with E-state index in [0.717, 1.165) is 12.1 Å². The van der Waals surface area contributed by atoms with Crippen molar-refractivity contribution in [3.63, 3.8) is 0 Å². The van der Waals surface area contributed by atoms with Crippen molar-refractivity contribution in [2.45, 2.75) is 86.2 Å². The molecule has 2 nitrogen and oxygen atoms in total. The van der Waals surface area contributed by atoms with Crippen molar-refractivity contribution >= 4 is 8.56 Å². The Balaban J connectivity index is 4.66. The van der Waals surface area contributed by atoms with Gasteiger partial charge in [0.05, 0.1) is 0 Å². The summed E-state index contributed by atoms with van der Waals surface area (Å²) in [4.78, 5) is 0. The van der Waals surface area contributed by atoms with Crippen LogP contribution in [0.1, 0.15) is 74.1 Å². The maximum Gasteiger partial charge on any atom is 0.337 e. The normalized spacial score (nSPS) is 15.3. The van der Waals surface area contributed by atoms with Gasteiger partial charge in [-0.2, -0.15) is 0 Å². The van der Waals surface area contributed by atoms with E-state index in [1.54, 1.807) is 0 Å². The molecular formula is C18H40O2Si. The second-order valence-electron chi connectivity index (χ2n) is 8.84. The summed E-state index contributed by atoms with van der Waals surface area (Å²) in [6.07, 6.45) is 4.93. The summed E-state index contributed by atoms with van der Waals surface area (Å²) in [5, 5.41) is 0. The van der Waals surface area contributed by atoms with E-state index in [9.17, 15) is 0 Å². The maximum absolute atomic E-state index is 5.89. The highest BCUT2D eigenvalue weighted by Gasteiger charge is 2.38. The first kappa shape index (κ1) is 21.1. The molecule has 0 aromatic rings. The zero-order valence-corrected chi connectivity index (χ0v) is 17.1. The zero-order valence-electron chi connectivity index (χ0n) is 16.1. The third-order valence-electron chi connectivity index (χ3n) is 4.22. The molecule has 128 valence electrons. The molecule has 0 spiro atoms. The Morgan fingerprint density at radius 3 is 1.90 bits per heavy atom. The maximum atomic E-state index is 5.89. The molecule has 0 fully saturated rings. The Labute approximate surface area is 135 Å². The van der Waals surface area contributed by atoms with E-state index in [4.69, 9.17) is 8.85 Å². The van der Waals surface area contributed by atoms with E-state index in [1.807, 2.05) is 14.2 Å². The SMILES string of the molecule is CCCC[Si](CC(C)CC(C)(C)CC(C)(C)C)(OC)OC. The lowest BCUT2D eigenvalue weighted by atomic mass is 9.72. The molecule has 0 aliphatic rings. The topological polar surface area (TPSA) is 18.5 Å². The number of unbranched alkanes of at least 4 members (excludes halogenated alkanes) is 1. The minimum Gasteiger partial charge on any atom is -0.398 e. The number of hydrogen-bond donors (Lipinski definition) is 0. The lowest BCUT2D eigenvalue weighted by Crippen LogP contribution is -2.42. The molecule has 0 bridgehead atoms. The summed E-state index contributed by atoms with van der Waals surface area (Å²) in [6, 6.07) is 2.24. The van der Waals surface area contributed by atoms with Crippen molar-refractivity contribution in [3.05, 3.63) is 0 Å². The van der Waals surface area contributed by atoms with E-state index in [0.29, 0.717) is 16.7 Å². The molecule has 1 atom stereocenters. The van der Waals surface area contributed by atoms with Crippen LogP contribution in [0.4, 0.5) is 0 Å². The second-order valence-corrected chi connectivity index (χ2v) is 12.4. The molecule has 0 aliphatic heterocycles. The Hall–Kier alpha value is 0.137. The fourth-order valence-electron chi connectivity index (χ4n) is 4.06.